The van der Waals surface area contributed by atoms with E-state index in [1.807, 2.05) is 6.92 Å². The van der Waals surface area contributed by atoms with Crippen LogP contribution in [0.4, 0.5) is 14.6 Å². The van der Waals surface area contributed by atoms with Gasteiger partial charge in [0.1, 0.15) is 23.3 Å². The highest BCUT2D eigenvalue weighted by atomic mass is 19.1. The molecule has 94 valence electrons. The normalized spacial score (nSPS) is 10.6. The van der Waals surface area contributed by atoms with Crippen molar-refractivity contribution < 1.29 is 8.78 Å². The van der Waals surface area contributed by atoms with Crippen molar-refractivity contribution in [1.82, 2.24) is 9.97 Å². The van der Waals surface area contributed by atoms with E-state index in [-0.39, 0.29) is 6.42 Å². The Morgan fingerprint density at radius 1 is 1.17 bits per heavy atom. The van der Waals surface area contributed by atoms with Gasteiger partial charge in [-0.15, -0.1) is 0 Å². The summed E-state index contributed by atoms with van der Waals surface area (Å²) in [6.07, 6.45) is 0.926. The lowest BCUT2D eigenvalue weighted by Gasteiger charge is -2.05. The molecule has 18 heavy (non-hydrogen) atoms. The number of benzene rings is 1. The van der Waals surface area contributed by atoms with Crippen molar-refractivity contribution in [3.05, 3.63) is 53.0 Å². The van der Waals surface area contributed by atoms with Crippen LogP contribution < -0.4 is 5.73 Å². The third kappa shape index (κ3) is 2.80. The molecule has 0 unspecified atom stereocenters. The van der Waals surface area contributed by atoms with Gasteiger partial charge in [-0.25, -0.2) is 18.7 Å². The number of nitrogens with zero attached hydrogens (tertiary/aromatic N) is 2. The Hall–Kier alpha value is -2.04. The van der Waals surface area contributed by atoms with Crippen molar-refractivity contribution in [2.45, 2.75) is 19.8 Å². The quantitative estimate of drug-likeness (QED) is 0.909. The number of halogens is 2. The first-order valence-corrected chi connectivity index (χ1v) is 5.64. The van der Waals surface area contributed by atoms with Crippen LogP contribution in [0.15, 0.2) is 24.3 Å². The standard InChI is InChI=1S/C13H13F2N3/c1-2-10-7-12(16)18-13(17-10)5-8-3-4-9(14)6-11(8)15/h3-4,6-7H,2,5H2,1H3,(H2,16,17,18). The highest BCUT2D eigenvalue weighted by Gasteiger charge is 2.08. The average molecular weight is 249 g/mol. The van der Waals surface area contributed by atoms with Crippen LogP contribution in [-0.4, -0.2) is 9.97 Å². The minimum Gasteiger partial charge on any atom is -0.384 e. The summed E-state index contributed by atoms with van der Waals surface area (Å²) in [4.78, 5) is 8.31. The zero-order chi connectivity index (χ0) is 13.1. The molecule has 3 nitrogen and oxygen atoms in total. The second-order valence-electron chi connectivity index (χ2n) is 3.97. The fraction of sp³-hybridized carbons (Fsp3) is 0.231. The Morgan fingerprint density at radius 3 is 2.61 bits per heavy atom. The van der Waals surface area contributed by atoms with Crippen LogP contribution in [0, 0.1) is 11.6 Å². The largest absolute Gasteiger partial charge is 0.384 e. The summed E-state index contributed by atoms with van der Waals surface area (Å²) < 4.78 is 26.3. The van der Waals surface area contributed by atoms with Crippen LogP contribution in [-0.2, 0) is 12.8 Å². The summed E-state index contributed by atoms with van der Waals surface area (Å²) in [5.41, 5.74) is 6.80. The monoisotopic (exact) mass is 249 g/mol. The van der Waals surface area contributed by atoms with Crippen molar-refractivity contribution in [3.8, 4) is 0 Å². The minimum absolute atomic E-state index is 0.199. The molecule has 0 bridgehead atoms. The fourth-order valence-corrected chi connectivity index (χ4v) is 1.67. The van der Waals surface area contributed by atoms with Gasteiger partial charge in [-0.3, -0.25) is 0 Å². The second-order valence-corrected chi connectivity index (χ2v) is 3.97. The van der Waals surface area contributed by atoms with Crippen LogP contribution in [0.25, 0.3) is 0 Å². The molecule has 0 saturated carbocycles. The Kier molecular flexibility index (Phi) is 3.50. The second kappa shape index (κ2) is 5.08. The van der Waals surface area contributed by atoms with Crippen molar-refractivity contribution in [2.75, 3.05) is 5.73 Å². The van der Waals surface area contributed by atoms with Gasteiger partial charge in [0.15, 0.2) is 0 Å². The Morgan fingerprint density at radius 2 is 1.94 bits per heavy atom. The van der Waals surface area contributed by atoms with Gasteiger partial charge in [0.05, 0.1) is 0 Å². The fourth-order valence-electron chi connectivity index (χ4n) is 1.67. The highest BCUT2D eigenvalue weighted by Crippen LogP contribution is 2.14. The molecule has 0 atom stereocenters. The number of rotatable bonds is 3. The molecule has 0 radical (unpaired) electrons. The van der Waals surface area contributed by atoms with Gasteiger partial charge in [-0.1, -0.05) is 13.0 Å². The van der Waals surface area contributed by atoms with Gasteiger partial charge >= 0.3 is 0 Å². The molecule has 2 N–H and O–H groups in total. The van der Waals surface area contributed by atoms with E-state index in [1.165, 1.54) is 12.1 Å². The van der Waals surface area contributed by atoms with Crippen LogP contribution in [0.5, 0.6) is 0 Å². The molecular formula is C13H13F2N3. The average Bonchev–Trinajstić information content (AvgIpc) is 2.32. The van der Waals surface area contributed by atoms with E-state index < -0.39 is 11.6 Å². The first kappa shape index (κ1) is 12.4. The minimum atomic E-state index is -0.598. The predicted molar refractivity (Wildman–Crippen MR) is 65.0 cm³/mol. The zero-order valence-electron chi connectivity index (χ0n) is 9.95. The Bertz CT molecular complexity index is 570. The van der Waals surface area contributed by atoms with E-state index in [0.717, 1.165) is 18.2 Å². The van der Waals surface area contributed by atoms with E-state index in [9.17, 15) is 8.78 Å². The molecule has 0 aliphatic heterocycles. The summed E-state index contributed by atoms with van der Waals surface area (Å²) in [5, 5.41) is 0. The first-order valence-electron chi connectivity index (χ1n) is 5.64. The lowest BCUT2D eigenvalue weighted by atomic mass is 10.1. The van der Waals surface area contributed by atoms with Gasteiger partial charge in [-0.05, 0) is 18.1 Å². The maximum atomic E-state index is 13.5. The summed E-state index contributed by atoms with van der Waals surface area (Å²) in [6.45, 7) is 1.95. The topological polar surface area (TPSA) is 51.8 Å². The number of aryl methyl sites for hydroxylation is 1. The zero-order valence-corrected chi connectivity index (χ0v) is 9.95. The molecule has 2 rings (SSSR count). The van der Waals surface area contributed by atoms with Gasteiger partial charge in [0.2, 0.25) is 0 Å². The Labute approximate surface area is 104 Å². The molecule has 0 saturated heterocycles. The number of nitrogen functional groups attached to an aromatic ring is 1. The first-order chi connectivity index (χ1) is 8.58. The summed E-state index contributed by atoms with van der Waals surface area (Å²) >= 11 is 0. The molecule has 5 heteroatoms. The van der Waals surface area contributed by atoms with E-state index in [2.05, 4.69) is 9.97 Å². The van der Waals surface area contributed by atoms with Crippen molar-refractivity contribution in [1.29, 1.82) is 0 Å². The summed E-state index contributed by atoms with van der Waals surface area (Å²) in [5.74, 6) is -0.394. The molecule has 0 fully saturated rings. The van der Waals surface area contributed by atoms with Gasteiger partial charge < -0.3 is 5.73 Å². The number of aromatic nitrogens is 2. The lowest BCUT2D eigenvalue weighted by Crippen LogP contribution is -2.04. The van der Waals surface area contributed by atoms with Gasteiger partial charge in [-0.2, -0.15) is 0 Å². The van der Waals surface area contributed by atoms with E-state index in [0.29, 0.717) is 17.2 Å². The predicted octanol–water partition coefficient (Wildman–Crippen LogP) is 2.49. The van der Waals surface area contributed by atoms with Crippen molar-refractivity contribution in [3.63, 3.8) is 0 Å². The van der Waals surface area contributed by atoms with Gasteiger partial charge in [0, 0.05) is 24.2 Å². The van der Waals surface area contributed by atoms with Crippen LogP contribution in [0.1, 0.15) is 24.0 Å². The SMILES string of the molecule is CCc1cc(N)nc(Cc2ccc(F)cc2F)n1. The molecular weight excluding hydrogens is 236 g/mol. The number of anilines is 1. The van der Waals surface area contributed by atoms with Crippen LogP contribution in [0.2, 0.25) is 0 Å². The molecule has 0 amide bonds. The molecule has 0 spiro atoms. The smallest absolute Gasteiger partial charge is 0.135 e. The molecule has 2 aromatic rings. The van der Waals surface area contributed by atoms with Crippen molar-refractivity contribution in [2.24, 2.45) is 0 Å². The van der Waals surface area contributed by atoms with Crippen LogP contribution >= 0.6 is 0 Å². The molecule has 0 aliphatic rings. The number of hydrogen-bond donors (Lipinski definition) is 1. The molecule has 1 aromatic carbocycles. The number of hydrogen-bond acceptors (Lipinski definition) is 3. The highest BCUT2D eigenvalue weighted by molar-refractivity contribution is 5.31. The third-order valence-corrected chi connectivity index (χ3v) is 2.57. The van der Waals surface area contributed by atoms with Crippen molar-refractivity contribution >= 4 is 5.82 Å². The third-order valence-electron chi connectivity index (χ3n) is 2.57. The summed E-state index contributed by atoms with van der Waals surface area (Å²) in [7, 11) is 0. The maximum absolute atomic E-state index is 13.5. The maximum Gasteiger partial charge on any atom is 0.135 e. The van der Waals surface area contributed by atoms with Gasteiger partial charge in [0.25, 0.3) is 0 Å². The summed E-state index contributed by atoms with van der Waals surface area (Å²) in [6, 6.07) is 5.14. The van der Waals surface area contributed by atoms with E-state index in [4.69, 9.17) is 5.73 Å². The van der Waals surface area contributed by atoms with E-state index in [1.54, 1.807) is 6.07 Å². The van der Waals surface area contributed by atoms with Crippen LogP contribution in [0.3, 0.4) is 0 Å². The number of nitrogens with two attached hydrogens (primary N) is 1. The molecule has 1 heterocycles. The molecule has 1 aromatic heterocycles. The lowest BCUT2D eigenvalue weighted by molar-refractivity contribution is 0.573. The van der Waals surface area contributed by atoms with E-state index >= 15 is 0 Å². The Balaban J connectivity index is 2.30. The molecule has 0 aliphatic carbocycles.